The summed E-state index contributed by atoms with van der Waals surface area (Å²) in [5.41, 5.74) is 0.463. The number of carbonyl (C=O) groups excluding carboxylic acids is 1. The van der Waals surface area contributed by atoms with E-state index in [0.717, 1.165) is 10.9 Å². The number of nitrogens with one attached hydrogen (secondary N) is 1. The Morgan fingerprint density at radius 1 is 1.48 bits per heavy atom. The average molecular weight is 329 g/mol. The van der Waals surface area contributed by atoms with Gasteiger partial charge in [-0.3, -0.25) is 9.48 Å². The Morgan fingerprint density at radius 2 is 2.26 bits per heavy atom. The minimum Gasteiger partial charge on any atom is -0.338 e. The third kappa shape index (κ3) is 3.32. The number of hydrogen-bond acceptors (Lipinski definition) is 5. The molecule has 11 heteroatoms. The number of aromatic amines is 1. The molecule has 1 saturated heterocycles. The van der Waals surface area contributed by atoms with Crippen LogP contribution in [-0.2, 0) is 6.54 Å². The maximum absolute atomic E-state index is 12.5. The predicted molar refractivity (Wildman–Crippen MR) is 70.5 cm³/mol. The van der Waals surface area contributed by atoms with E-state index in [2.05, 4.69) is 25.7 Å². The van der Waals surface area contributed by atoms with Gasteiger partial charge in [0.25, 0.3) is 5.91 Å². The molecule has 2 aromatic rings. The minimum atomic E-state index is -4.38. The summed E-state index contributed by atoms with van der Waals surface area (Å²) in [5.74, 6) is 0.176. The molecule has 0 bridgehead atoms. The average Bonchev–Trinajstić information content (AvgIpc) is 3.15. The van der Waals surface area contributed by atoms with Gasteiger partial charge in [0.05, 0.1) is 11.3 Å². The van der Waals surface area contributed by atoms with Gasteiger partial charge >= 0.3 is 6.18 Å². The molecule has 0 spiro atoms. The normalized spacial score (nSPS) is 18.6. The first-order chi connectivity index (χ1) is 10.8. The van der Waals surface area contributed by atoms with Gasteiger partial charge in [-0.05, 0) is 13.3 Å². The van der Waals surface area contributed by atoms with Gasteiger partial charge in [0.1, 0.15) is 6.54 Å². The summed E-state index contributed by atoms with van der Waals surface area (Å²) < 4.78 is 38.0. The largest absolute Gasteiger partial charge is 0.408 e. The van der Waals surface area contributed by atoms with Gasteiger partial charge < -0.3 is 4.90 Å². The SMILES string of the molecule is Cc1nn(CC(F)(F)F)cc1C(=O)N1CCC(c2nn[nH]n2)C1. The quantitative estimate of drug-likeness (QED) is 0.903. The molecule has 1 fully saturated rings. The second-order valence-corrected chi connectivity index (χ2v) is 5.45. The number of nitrogens with zero attached hydrogens (tertiary/aromatic N) is 6. The van der Waals surface area contributed by atoms with Crippen LogP contribution in [0.3, 0.4) is 0 Å². The lowest BCUT2D eigenvalue weighted by Crippen LogP contribution is -2.28. The Balaban J connectivity index is 1.71. The summed E-state index contributed by atoms with van der Waals surface area (Å²) >= 11 is 0. The number of amides is 1. The molecule has 0 radical (unpaired) electrons. The minimum absolute atomic E-state index is 0.0248. The Kier molecular flexibility index (Phi) is 3.78. The van der Waals surface area contributed by atoms with Gasteiger partial charge in [0.15, 0.2) is 5.82 Å². The Hall–Kier alpha value is -2.46. The van der Waals surface area contributed by atoms with Gasteiger partial charge in [-0.2, -0.15) is 23.5 Å². The first-order valence-electron chi connectivity index (χ1n) is 6.97. The topological polar surface area (TPSA) is 92.6 Å². The van der Waals surface area contributed by atoms with Crippen LogP contribution in [0.5, 0.6) is 0 Å². The molecule has 1 aliphatic heterocycles. The monoisotopic (exact) mass is 329 g/mol. The number of hydrogen-bond donors (Lipinski definition) is 1. The molecule has 3 rings (SSSR count). The van der Waals surface area contributed by atoms with E-state index in [1.54, 1.807) is 4.90 Å². The van der Waals surface area contributed by atoms with Crippen molar-refractivity contribution in [3.8, 4) is 0 Å². The molecule has 1 atom stereocenters. The first-order valence-corrected chi connectivity index (χ1v) is 6.97. The van der Waals surface area contributed by atoms with Crippen LogP contribution < -0.4 is 0 Å². The number of alkyl halides is 3. The summed E-state index contributed by atoms with van der Waals surface area (Å²) in [6, 6.07) is 0. The molecular formula is C12H14F3N7O. The summed E-state index contributed by atoms with van der Waals surface area (Å²) in [6.45, 7) is 1.20. The molecule has 0 aliphatic carbocycles. The second-order valence-electron chi connectivity index (χ2n) is 5.45. The zero-order valence-corrected chi connectivity index (χ0v) is 12.2. The van der Waals surface area contributed by atoms with Crippen LogP contribution in [0, 0.1) is 6.92 Å². The standard InChI is InChI=1S/C12H14F3N7O/c1-7-9(5-22(18-7)6-12(13,14)15)11(23)21-3-2-8(4-21)10-16-19-20-17-10/h5,8H,2-4,6H2,1H3,(H,16,17,19,20). The van der Waals surface area contributed by atoms with E-state index in [9.17, 15) is 18.0 Å². The lowest BCUT2D eigenvalue weighted by molar-refractivity contribution is -0.142. The van der Waals surface area contributed by atoms with E-state index in [-0.39, 0.29) is 23.1 Å². The van der Waals surface area contributed by atoms with Crippen molar-refractivity contribution < 1.29 is 18.0 Å². The Morgan fingerprint density at radius 3 is 2.91 bits per heavy atom. The number of aryl methyl sites for hydroxylation is 1. The molecule has 23 heavy (non-hydrogen) atoms. The van der Waals surface area contributed by atoms with Gasteiger partial charge in [0, 0.05) is 25.2 Å². The van der Waals surface area contributed by atoms with Crippen molar-refractivity contribution >= 4 is 5.91 Å². The molecular weight excluding hydrogens is 315 g/mol. The van der Waals surface area contributed by atoms with Crippen molar-refractivity contribution in [2.24, 2.45) is 0 Å². The maximum atomic E-state index is 12.5. The number of H-pyrrole nitrogens is 1. The molecule has 0 saturated carbocycles. The van der Waals surface area contributed by atoms with E-state index >= 15 is 0 Å². The van der Waals surface area contributed by atoms with Gasteiger partial charge in [0.2, 0.25) is 0 Å². The Labute approximate surface area is 128 Å². The highest BCUT2D eigenvalue weighted by molar-refractivity contribution is 5.95. The maximum Gasteiger partial charge on any atom is 0.408 e. The molecule has 1 amide bonds. The van der Waals surface area contributed by atoms with Crippen molar-refractivity contribution in [2.75, 3.05) is 13.1 Å². The number of carbonyl (C=O) groups is 1. The fourth-order valence-electron chi connectivity index (χ4n) is 2.66. The van der Waals surface area contributed by atoms with Crippen molar-refractivity contribution in [1.29, 1.82) is 0 Å². The zero-order chi connectivity index (χ0) is 16.6. The fraction of sp³-hybridized carbons (Fsp3) is 0.583. The van der Waals surface area contributed by atoms with E-state index < -0.39 is 12.7 Å². The highest BCUT2D eigenvalue weighted by Gasteiger charge is 2.33. The molecule has 8 nitrogen and oxygen atoms in total. The molecule has 2 aromatic heterocycles. The summed E-state index contributed by atoms with van der Waals surface area (Å²) in [6.07, 6.45) is -2.55. The number of rotatable bonds is 3. The van der Waals surface area contributed by atoms with Gasteiger partial charge in [-0.1, -0.05) is 5.21 Å². The van der Waals surface area contributed by atoms with Crippen LogP contribution in [0.2, 0.25) is 0 Å². The highest BCUT2D eigenvalue weighted by Crippen LogP contribution is 2.26. The van der Waals surface area contributed by atoms with Gasteiger partial charge in [-0.25, -0.2) is 0 Å². The zero-order valence-electron chi connectivity index (χ0n) is 12.2. The van der Waals surface area contributed by atoms with Crippen molar-refractivity contribution in [3.63, 3.8) is 0 Å². The van der Waals surface area contributed by atoms with E-state index in [1.807, 2.05) is 0 Å². The van der Waals surface area contributed by atoms with Crippen molar-refractivity contribution in [1.82, 2.24) is 35.3 Å². The third-order valence-electron chi connectivity index (χ3n) is 3.72. The van der Waals surface area contributed by atoms with E-state index in [1.165, 1.54) is 6.92 Å². The molecule has 1 N–H and O–H groups in total. The molecule has 1 aliphatic rings. The van der Waals surface area contributed by atoms with Crippen LogP contribution in [0.1, 0.15) is 34.2 Å². The molecule has 3 heterocycles. The Bertz CT molecular complexity index is 694. The molecule has 1 unspecified atom stereocenters. The molecule has 124 valence electrons. The molecule has 0 aromatic carbocycles. The highest BCUT2D eigenvalue weighted by atomic mass is 19.4. The van der Waals surface area contributed by atoms with E-state index in [4.69, 9.17) is 0 Å². The smallest absolute Gasteiger partial charge is 0.338 e. The van der Waals surface area contributed by atoms with Crippen LogP contribution in [0.25, 0.3) is 0 Å². The number of tetrazole rings is 1. The van der Waals surface area contributed by atoms with E-state index in [0.29, 0.717) is 25.3 Å². The number of aromatic nitrogens is 6. The fourth-order valence-corrected chi connectivity index (χ4v) is 2.66. The lowest BCUT2D eigenvalue weighted by Gasteiger charge is -2.15. The van der Waals surface area contributed by atoms with Crippen LogP contribution in [-0.4, -0.2) is 60.5 Å². The first kappa shape index (κ1) is 15.4. The predicted octanol–water partition coefficient (Wildman–Crippen LogP) is 0.897. The number of halogens is 3. The van der Waals surface area contributed by atoms with Crippen LogP contribution >= 0.6 is 0 Å². The third-order valence-corrected chi connectivity index (χ3v) is 3.72. The van der Waals surface area contributed by atoms with Crippen LogP contribution in [0.15, 0.2) is 6.20 Å². The summed E-state index contributed by atoms with van der Waals surface area (Å²) in [5, 5.41) is 17.4. The summed E-state index contributed by atoms with van der Waals surface area (Å²) in [4.78, 5) is 14.1. The van der Waals surface area contributed by atoms with Crippen molar-refractivity contribution in [2.45, 2.75) is 32.0 Å². The van der Waals surface area contributed by atoms with Crippen LogP contribution in [0.4, 0.5) is 13.2 Å². The van der Waals surface area contributed by atoms with Crippen molar-refractivity contribution in [3.05, 3.63) is 23.3 Å². The van der Waals surface area contributed by atoms with Gasteiger partial charge in [-0.15, -0.1) is 10.2 Å². The summed E-state index contributed by atoms with van der Waals surface area (Å²) in [7, 11) is 0. The second kappa shape index (κ2) is 5.63. The number of likely N-dealkylation sites (tertiary alicyclic amines) is 1. The lowest BCUT2D eigenvalue weighted by atomic mass is 10.1.